The summed E-state index contributed by atoms with van der Waals surface area (Å²) in [5.41, 5.74) is 1.06. The molecule has 1 aromatic heterocycles. The summed E-state index contributed by atoms with van der Waals surface area (Å²) < 4.78 is 1.94. The van der Waals surface area contributed by atoms with Gasteiger partial charge in [0.25, 0.3) is 0 Å². The number of hydrogen-bond donors (Lipinski definition) is 1. The van der Waals surface area contributed by atoms with Crippen LogP contribution in [0.5, 0.6) is 0 Å². The van der Waals surface area contributed by atoms with Crippen LogP contribution in [-0.2, 0) is 12.1 Å². The van der Waals surface area contributed by atoms with Crippen molar-refractivity contribution >= 4 is 0 Å². The maximum Gasteiger partial charge on any atom is 0.0965 e. The highest BCUT2D eigenvalue weighted by atomic mass is 15.4. The third-order valence-corrected chi connectivity index (χ3v) is 3.69. The fraction of sp³-hybridized carbons (Fsp3) is 0.857. The highest BCUT2D eigenvalue weighted by Crippen LogP contribution is 2.22. The van der Waals surface area contributed by atoms with Crippen LogP contribution in [0.25, 0.3) is 0 Å². The zero-order valence-electron chi connectivity index (χ0n) is 11.9. The first-order chi connectivity index (χ1) is 8.55. The first kappa shape index (κ1) is 13.5. The van der Waals surface area contributed by atoms with E-state index in [4.69, 9.17) is 0 Å². The summed E-state index contributed by atoms with van der Waals surface area (Å²) in [6.07, 6.45) is 9.08. The predicted molar refractivity (Wildman–Crippen MR) is 73.3 cm³/mol. The molecular weight excluding hydrogens is 224 g/mol. The molecule has 2 rings (SSSR count). The van der Waals surface area contributed by atoms with E-state index in [0.717, 1.165) is 24.7 Å². The third kappa shape index (κ3) is 3.80. The molecule has 0 amide bonds. The molecule has 4 nitrogen and oxygen atoms in total. The molecule has 1 heterocycles. The molecule has 0 saturated heterocycles. The van der Waals surface area contributed by atoms with E-state index in [1.807, 2.05) is 10.9 Å². The van der Waals surface area contributed by atoms with Crippen molar-refractivity contribution in [1.29, 1.82) is 0 Å². The monoisotopic (exact) mass is 250 g/mol. The van der Waals surface area contributed by atoms with Crippen molar-refractivity contribution in [2.45, 2.75) is 65.0 Å². The normalized spacial score (nSPS) is 18.2. The highest BCUT2D eigenvalue weighted by molar-refractivity contribution is 4.94. The van der Waals surface area contributed by atoms with Gasteiger partial charge in [-0.05, 0) is 46.1 Å². The Morgan fingerprint density at radius 1 is 1.28 bits per heavy atom. The van der Waals surface area contributed by atoms with Gasteiger partial charge in [0.15, 0.2) is 0 Å². The largest absolute Gasteiger partial charge is 0.311 e. The van der Waals surface area contributed by atoms with Gasteiger partial charge in [-0.2, -0.15) is 0 Å². The van der Waals surface area contributed by atoms with Gasteiger partial charge in [0.2, 0.25) is 0 Å². The first-order valence-electron chi connectivity index (χ1n) is 7.18. The van der Waals surface area contributed by atoms with Crippen LogP contribution >= 0.6 is 0 Å². The maximum absolute atomic E-state index is 4.22. The van der Waals surface area contributed by atoms with Gasteiger partial charge in [0.05, 0.1) is 17.4 Å². The smallest absolute Gasteiger partial charge is 0.0965 e. The second-order valence-corrected chi connectivity index (χ2v) is 6.46. The standard InChI is InChI=1S/C14H26N4/c1-14(2,3)18-11-13(16-17-18)10-15-9-12-7-5-4-6-8-12/h11-12,15H,4-10H2,1-3H3. The summed E-state index contributed by atoms with van der Waals surface area (Å²) in [5.74, 6) is 0.872. The molecule has 0 aromatic carbocycles. The zero-order valence-corrected chi connectivity index (χ0v) is 11.9. The minimum absolute atomic E-state index is 0.0224. The van der Waals surface area contributed by atoms with Gasteiger partial charge >= 0.3 is 0 Å². The summed E-state index contributed by atoms with van der Waals surface area (Å²) in [4.78, 5) is 0. The molecule has 0 atom stereocenters. The SMILES string of the molecule is CC(C)(C)n1cc(CNCC2CCCCC2)nn1. The van der Waals surface area contributed by atoms with Gasteiger partial charge in [-0.25, -0.2) is 4.68 Å². The molecule has 4 heteroatoms. The number of rotatable bonds is 4. The van der Waals surface area contributed by atoms with E-state index in [0.29, 0.717) is 0 Å². The molecule has 1 aliphatic rings. The summed E-state index contributed by atoms with van der Waals surface area (Å²) in [7, 11) is 0. The van der Waals surface area contributed by atoms with Gasteiger partial charge < -0.3 is 5.32 Å². The Hall–Kier alpha value is -0.900. The van der Waals surface area contributed by atoms with E-state index in [1.54, 1.807) is 0 Å². The van der Waals surface area contributed by atoms with Crippen LogP contribution in [0, 0.1) is 5.92 Å². The van der Waals surface area contributed by atoms with Crippen LogP contribution in [-0.4, -0.2) is 21.5 Å². The van der Waals surface area contributed by atoms with Crippen molar-refractivity contribution in [3.63, 3.8) is 0 Å². The molecule has 102 valence electrons. The Balaban J connectivity index is 1.74. The second-order valence-electron chi connectivity index (χ2n) is 6.46. The van der Waals surface area contributed by atoms with Gasteiger partial charge in [-0.3, -0.25) is 0 Å². The molecule has 0 aliphatic heterocycles. The van der Waals surface area contributed by atoms with Crippen LogP contribution in [0.3, 0.4) is 0 Å². The highest BCUT2D eigenvalue weighted by Gasteiger charge is 2.16. The Bertz CT molecular complexity index is 358. The fourth-order valence-corrected chi connectivity index (χ4v) is 2.50. The summed E-state index contributed by atoms with van der Waals surface area (Å²) in [5, 5.41) is 11.9. The average Bonchev–Trinajstić information content (AvgIpc) is 2.79. The summed E-state index contributed by atoms with van der Waals surface area (Å²) >= 11 is 0. The fourth-order valence-electron chi connectivity index (χ4n) is 2.50. The van der Waals surface area contributed by atoms with Gasteiger partial charge in [-0.15, -0.1) is 5.10 Å². The Morgan fingerprint density at radius 3 is 2.61 bits per heavy atom. The molecule has 1 fully saturated rings. The second kappa shape index (κ2) is 5.83. The summed E-state index contributed by atoms with van der Waals surface area (Å²) in [6, 6.07) is 0. The lowest BCUT2D eigenvalue weighted by molar-refractivity contribution is 0.341. The molecule has 1 aliphatic carbocycles. The minimum Gasteiger partial charge on any atom is -0.311 e. The van der Waals surface area contributed by atoms with Crippen molar-refractivity contribution in [3.05, 3.63) is 11.9 Å². The lowest BCUT2D eigenvalue weighted by atomic mass is 9.89. The van der Waals surface area contributed by atoms with Crippen molar-refractivity contribution in [1.82, 2.24) is 20.3 Å². The number of hydrogen-bond acceptors (Lipinski definition) is 3. The van der Waals surface area contributed by atoms with E-state index in [9.17, 15) is 0 Å². The average molecular weight is 250 g/mol. The summed E-state index contributed by atoms with van der Waals surface area (Å²) in [6.45, 7) is 8.39. The molecule has 0 radical (unpaired) electrons. The van der Waals surface area contributed by atoms with Crippen molar-refractivity contribution in [3.8, 4) is 0 Å². The Labute approximate surface area is 110 Å². The number of nitrogens with one attached hydrogen (secondary N) is 1. The van der Waals surface area contributed by atoms with E-state index in [2.05, 4.69) is 36.4 Å². The quantitative estimate of drug-likeness (QED) is 0.893. The van der Waals surface area contributed by atoms with Crippen LogP contribution in [0.1, 0.15) is 58.6 Å². The van der Waals surface area contributed by atoms with Crippen LogP contribution < -0.4 is 5.32 Å². The molecule has 0 spiro atoms. The van der Waals surface area contributed by atoms with Crippen molar-refractivity contribution in [2.75, 3.05) is 6.54 Å². The lowest BCUT2D eigenvalue weighted by Gasteiger charge is -2.21. The van der Waals surface area contributed by atoms with E-state index < -0.39 is 0 Å². The Morgan fingerprint density at radius 2 is 2.00 bits per heavy atom. The van der Waals surface area contributed by atoms with Gasteiger partial charge in [0, 0.05) is 6.54 Å². The van der Waals surface area contributed by atoms with Gasteiger partial charge in [0.1, 0.15) is 0 Å². The third-order valence-electron chi connectivity index (χ3n) is 3.69. The van der Waals surface area contributed by atoms with E-state index >= 15 is 0 Å². The molecular formula is C14H26N4. The van der Waals surface area contributed by atoms with Gasteiger partial charge in [-0.1, -0.05) is 24.5 Å². The molecule has 1 saturated carbocycles. The Kier molecular flexibility index (Phi) is 4.38. The van der Waals surface area contributed by atoms with Crippen LogP contribution in [0.2, 0.25) is 0 Å². The molecule has 0 unspecified atom stereocenters. The van der Waals surface area contributed by atoms with Crippen LogP contribution in [0.4, 0.5) is 0 Å². The molecule has 1 N–H and O–H groups in total. The maximum atomic E-state index is 4.22. The van der Waals surface area contributed by atoms with E-state index in [-0.39, 0.29) is 5.54 Å². The van der Waals surface area contributed by atoms with Crippen molar-refractivity contribution in [2.24, 2.45) is 5.92 Å². The lowest BCUT2D eigenvalue weighted by Crippen LogP contribution is -2.24. The van der Waals surface area contributed by atoms with Crippen molar-refractivity contribution < 1.29 is 0 Å². The molecule has 1 aromatic rings. The molecule has 0 bridgehead atoms. The first-order valence-corrected chi connectivity index (χ1v) is 7.18. The zero-order chi connectivity index (χ0) is 13.0. The minimum atomic E-state index is 0.0224. The molecule has 18 heavy (non-hydrogen) atoms. The predicted octanol–water partition coefficient (Wildman–Crippen LogP) is 2.70. The van der Waals surface area contributed by atoms with E-state index in [1.165, 1.54) is 32.1 Å². The van der Waals surface area contributed by atoms with Crippen LogP contribution in [0.15, 0.2) is 6.20 Å². The topological polar surface area (TPSA) is 42.7 Å². The number of nitrogens with zero attached hydrogens (tertiary/aromatic N) is 3. The number of aromatic nitrogens is 3.